The fourth-order valence-electron chi connectivity index (χ4n) is 1.78. The van der Waals surface area contributed by atoms with Gasteiger partial charge in [-0.3, -0.25) is 4.79 Å². The molecule has 1 aromatic rings. The summed E-state index contributed by atoms with van der Waals surface area (Å²) in [7, 11) is 0. The molecular weight excluding hydrogens is 296 g/mol. The van der Waals surface area contributed by atoms with Gasteiger partial charge in [-0.2, -0.15) is 0 Å². The predicted octanol–water partition coefficient (Wildman–Crippen LogP) is 3.31. The highest BCUT2D eigenvalue weighted by molar-refractivity contribution is 7.09. The maximum atomic E-state index is 9.60. The van der Waals surface area contributed by atoms with Crippen LogP contribution < -0.4 is 5.32 Å². The second kappa shape index (κ2) is 8.60. The molecule has 0 bridgehead atoms. The van der Waals surface area contributed by atoms with Crippen molar-refractivity contribution in [3.05, 3.63) is 16.1 Å². The number of alkyl halides is 1. The number of carbonyl (C=O) groups is 1. The number of piperidine rings is 1. The number of thiazole rings is 1. The number of hydrogen-bond acceptors (Lipinski definition) is 5. The molecule has 4 nitrogen and oxygen atoms in total. The minimum Gasteiger partial charge on any atom is -0.462 e. The molecule has 1 fully saturated rings. The Morgan fingerprint density at radius 3 is 2.75 bits per heavy atom. The molecule has 0 amide bonds. The van der Waals surface area contributed by atoms with Gasteiger partial charge in [0.05, 0.1) is 16.6 Å². The van der Waals surface area contributed by atoms with E-state index in [2.05, 4.69) is 20.4 Å². The fourth-order valence-corrected chi connectivity index (χ4v) is 2.96. The number of aromatic nitrogens is 1. The molecule has 0 aromatic carbocycles. The van der Waals surface area contributed by atoms with Gasteiger partial charge in [-0.15, -0.1) is 22.9 Å². The van der Waals surface area contributed by atoms with Gasteiger partial charge < -0.3 is 10.1 Å². The smallest absolute Gasteiger partial charge is 0.293 e. The van der Waals surface area contributed by atoms with Gasteiger partial charge >= 0.3 is 0 Å². The number of carbonyl (C=O) groups excluding carboxylic acids is 1. The topological polar surface area (TPSA) is 51.2 Å². The predicted molar refractivity (Wildman–Crippen MR) is 83.4 cm³/mol. The van der Waals surface area contributed by atoms with Crippen molar-refractivity contribution < 1.29 is 9.53 Å². The molecule has 2 rings (SSSR count). The summed E-state index contributed by atoms with van der Waals surface area (Å²) in [6.07, 6.45) is 2.53. The Hall–Kier alpha value is -0.650. The van der Waals surface area contributed by atoms with E-state index in [-0.39, 0.29) is 5.60 Å². The summed E-state index contributed by atoms with van der Waals surface area (Å²) >= 11 is 7.45. The van der Waals surface area contributed by atoms with E-state index in [0.717, 1.165) is 18.8 Å². The summed E-state index contributed by atoms with van der Waals surface area (Å²) in [4.78, 5) is 14.1. The van der Waals surface area contributed by atoms with Crippen molar-refractivity contribution >= 4 is 29.4 Å². The number of hydrogen-bond donors (Lipinski definition) is 1. The number of ether oxygens (including phenoxy) is 1. The zero-order valence-electron chi connectivity index (χ0n) is 12.3. The lowest BCUT2D eigenvalue weighted by Crippen LogP contribution is -2.28. The standard InChI is InChI=1S/C9H13ClN2S.C5H10O2/c10-4-8-6-13-9(12-8)7-2-1-3-11-5-7;1-5(2,3)7-4-6/h6-7,11H,1-5H2;4H,1-3H3. The van der Waals surface area contributed by atoms with E-state index < -0.39 is 0 Å². The van der Waals surface area contributed by atoms with Crippen molar-refractivity contribution in [2.24, 2.45) is 0 Å². The Labute approximate surface area is 129 Å². The Morgan fingerprint density at radius 1 is 1.60 bits per heavy atom. The molecule has 0 radical (unpaired) electrons. The minimum absolute atomic E-state index is 0.318. The van der Waals surface area contributed by atoms with Crippen molar-refractivity contribution in [3.63, 3.8) is 0 Å². The monoisotopic (exact) mass is 318 g/mol. The number of nitrogens with one attached hydrogen (secondary N) is 1. The van der Waals surface area contributed by atoms with Crippen LogP contribution in [0.3, 0.4) is 0 Å². The van der Waals surface area contributed by atoms with Gasteiger partial charge in [0.15, 0.2) is 0 Å². The van der Waals surface area contributed by atoms with E-state index in [4.69, 9.17) is 11.6 Å². The average Bonchev–Trinajstić information content (AvgIpc) is 2.88. The van der Waals surface area contributed by atoms with Crippen LogP contribution in [0.15, 0.2) is 5.38 Å². The van der Waals surface area contributed by atoms with E-state index >= 15 is 0 Å². The van der Waals surface area contributed by atoms with Crippen LogP contribution in [0, 0.1) is 0 Å². The van der Waals surface area contributed by atoms with Crippen molar-refractivity contribution in [1.29, 1.82) is 0 Å². The zero-order valence-corrected chi connectivity index (χ0v) is 13.9. The molecule has 0 spiro atoms. The van der Waals surface area contributed by atoms with E-state index in [9.17, 15) is 4.79 Å². The van der Waals surface area contributed by atoms with Crippen LogP contribution in [0.25, 0.3) is 0 Å². The Balaban J connectivity index is 0.000000246. The van der Waals surface area contributed by atoms with Crippen LogP contribution >= 0.6 is 22.9 Å². The quantitative estimate of drug-likeness (QED) is 0.686. The summed E-state index contributed by atoms with van der Waals surface area (Å²) in [6, 6.07) is 0. The van der Waals surface area contributed by atoms with Gasteiger partial charge in [0, 0.05) is 17.8 Å². The first-order valence-electron chi connectivity index (χ1n) is 6.78. The third-order valence-electron chi connectivity index (χ3n) is 2.75. The second-order valence-electron chi connectivity index (χ2n) is 5.68. The Bertz CT molecular complexity index is 398. The fraction of sp³-hybridized carbons (Fsp3) is 0.714. The lowest BCUT2D eigenvalue weighted by atomic mass is 10.0. The van der Waals surface area contributed by atoms with Crippen LogP contribution in [0.2, 0.25) is 0 Å². The summed E-state index contributed by atoms with van der Waals surface area (Å²) in [5, 5.41) is 6.71. The van der Waals surface area contributed by atoms with E-state index in [0.29, 0.717) is 18.3 Å². The molecule has 1 saturated heterocycles. The number of nitrogens with zero attached hydrogens (tertiary/aromatic N) is 1. The van der Waals surface area contributed by atoms with Crippen LogP contribution in [0.5, 0.6) is 0 Å². The number of rotatable bonds is 3. The first-order chi connectivity index (χ1) is 9.46. The maximum Gasteiger partial charge on any atom is 0.293 e. The van der Waals surface area contributed by atoms with Gasteiger partial charge in [0.1, 0.15) is 5.60 Å². The maximum absolute atomic E-state index is 9.60. The van der Waals surface area contributed by atoms with Crippen molar-refractivity contribution in [1.82, 2.24) is 10.3 Å². The molecule has 20 heavy (non-hydrogen) atoms. The molecule has 114 valence electrons. The van der Waals surface area contributed by atoms with Gasteiger partial charge in [-0.25, -0.2) is 4.98 Å². The first kappa shape index (κ1) is 17.4. The van der Waals surface area contributed by atoms with Crippen molar-refractivity contribution in [3.8, 4) is 0 Å². The molecule has 0 saturated carbocycles. The van der Waals surface area contributed by atoms with Gasteiger partial charge in [-0.1, -0.05) is 0 Å². The van der Waals surface area contributed by atoms with Gasteiger partial charge in [0.2, 0.25) is 0 Å². The highest BCUT2D eigenvalue weighted by atomic mass is 35.5. The molecule has 1 unspecified atom stereocenters. The summed E-state index contributed by atoms with van der Waals surface area (Å²) in [5.74, 6) is 1.16. The van der Waals surface area contributed by atoms with Crippen molar-refractivity contribution in [2.75, 3.05) is 13.1 Å². The molecule has 1 aliphatic rings. The molecule has 0 aliphatic carbocycles. The molecule has 2 heterocycles. The number of halogens is 1. The normalized spacial score (nSPS) is 18.9. The lowest BCUT2D eigenvalue weighted by Gasteiger charge is -2.20. The largest absolute Gasteiger partial charge is 0.462 e. The van der Waals surface area contributed by atoms with Crippen LogP contribution in [-0.4, -0.2) is 30.1 Å². The molecule has 6 heteroatoms. The van der Waals surface area contributed by atoms with Crippen LogP contribution in [-0.2, 0) is 15.4 Å². The Kier molecular flexibility index (Phi) is 7.48. The van der Waals surface area contributed by atoms with E-state index in [1.807, 2.05) is 20.8 Å². The molecule has 1 N–H and O–H groups in total. The SMILES string of the molecule is CC(C)(C)OC=O.ClCc1csc(C2CCCNC2)n1. The first-order valence-corrected chi connectivity index (χ1v) is 8.20. The van der Waals surface area contributed by atoms with E-state index in [1.54, 1.807) is 11.3 Å². The second-order valence-corrected chi connectivity index (χ2v) is 6.84. The van der Waals surface area contributed by atoms with Crippen LogP contribution in [0.4, 0.5) is 0 Å². The minimum atomic E-state index is -0.318. The van der Waals surface area contributed by atoms with E-state index in [1.165, 1.54) is 17.8 Å². The summed E-state index contributed by atoms with van der Waals surface area (Å²) in [5.41, 5.74) is 0.703. The average molecular weight is 319 g/mol. The zero-order chi connectivity index (χ0) is 15.0. The summed E-state index contributed by atoms with van der Waals surface area (Å²) in [6.45, 7) is 8.16. The molecular formula is C14H23ClN2O2S. The van der Waals surface area contributed by atoms with Gasteiger partial charge in [-0.05, 0) is 40.2 Å². The van der Waals surface area contributed by atoms with Crippen LogP contribution in [0.1, 0.15) is 50.2 Å². The molecule has 1 atom stereocenters. The highest BCUT2D eigenvalue weighted by Gasteiger charge is 2.17. The molecule has 1 aliphatic heterocycles. The molecule has 1 aromatic heterocycles. The third kappa shape index (κ3) is 6.68. The Morgan fingerprint density at radius 2 is 2.35 bits per heavy atom. The lowest BCUT2D eigenvalue weighted by molar-refractivity contribution is -0.138. The highest BCUT2D eigenvalue weighted by Crippen LogP contribution is 2.26. The summed E-state index contributed by atoms with van der Waals surface area (Å²) < 4.78 is 4.55. The van der Waals surface area contributed by atoms with Gasteiger partial charge in [0.25, 0.3) is 6.47 Å². The van der Waals surface area contributed by atoms with Crippen molar-refractivity contribution in [2.45, 2.75) is 51.0 Å². The third-order valence-corrected chi connectivity index (χ3v) is 4.08.